The van der Waals surface area contributed by atoms with Crippen molar-refractivity contribution in [1.29, 1.82) is 0 Å². The highest BCUT2D eigenvalue weighted by Gasteiger charge is 2.32. The lowest BCUT2D eigenvalue weighted by Gasteiger charge is -2.29. The van der Waals surface area contributed by atoms with Crippen LogP contribution in [-0.2, 0) is 11.3 Å². The number of hydrogen-bond donors (Lipinski definition) is 1. The minimum atomic E-state index is 0.0745. The molecule has 0 spiro atoms. The molecule has 1 N–H and O–H groups in total. The summed E-state index contributed by atoms with van der Waals surface area (Å²) >= 11 is 0. The van der Waals surface area contributed by atoms with Gasteiger partial charge >= 0.3 is 0 Å². The molecule has 4 heteroatoms. The van der Waals surface area contributed by atoms with E-state index in [1.165, 1.54) is 36.9 Å². The molecule has 154 valence electrons. The van der Waals surface area contributed by atoms with Crippen molar-refractivity contribution < 1.29 is 4.79 Å². The molecule has 29 heavy (non-hydrogen) atoms. The lowest BCUT2D eigenvalue weighted by molar-refractivity contribution is -0.118. The molecule has 2 aromatic rings. The van der Waals surface area contributed by atoms with Crippen molar-refractivity contribution in [3.63, 3.8) is 0 Å². The van der Waals surface area contributed by atoms with E-state index >= 15 is 0 Å². The standard InChI is InChI=1S/C25H33N3O/c1-19-16-23(27-14-6-7-15-27)12-13-24(19)26-25(29)18-28(20(2)22-10-11-22)17-21-8-4-3-5-9-21/h3-5,8-9,12-13,16,20,22H,6-7,10-11,14-15,17-18H2,1-2H3,(H,26,29). The topological polar surface area (TPSA) is 35.6 Å². The molecule has 1 amide bonds. The zero-order valence-corrected chi connectivity index (χ0v) is 17.7. The molecule has 1 saturated carbocycles. The van der Waals surface area contributed by atoms with E-state index in [1.807, 2.05) is 6.07 Å². The third-order valence-corrected chi connectivity index (χ3v) is 6.41. The summed E-state index contributed by atoms with van der Waals surface area (Å²) in [6.45, 7) is 7.88. The maximum absolute atomic E-state index is 12.9. The summed E-state index contributed by atoms with van der Waals surface area (Å²) in [6, 6.07) is 17.3. The Morgan fingerprint density at radius 1 is 1.14 bits per heavy atom. The first-order valence-electron chi connectivity index (χ1n) is 11.0. The van der Waals surface area contributed by atoms with Crippen molar-refractivity contribution in [2.24, 2.45) is 5.92 Å². The fourth-order valence-corrected chi connectivity index (χ4v) is 4.37. The number of benzene rings is 2. The summed E-state index contributed by atoms with van der Waals surface area (Å²) in [4.78, 5) is 17.6. The summed E-state index contributed by atoms with van der Waals surface area (Å²) < 4.78 is 0. The Labute approximate surface area is 174 Å². The van der Waals surface area contributed by atoms with Gasteiger partial charge in [0.15, 0.2) is 0 Å². The Balaban J connectivity index is 1.40. The van der Waals surface area contributed by atoms with Crippen LogP contribution in [0.4, 0.5) is 11.4 Å². The zero-order valence-electron chi connectivity index (χ0n) is 17.7. The van der Waals surface area contributed by atoms with Gasteiger partial charge < -0.3 is 10.2 Å². The van der Waals surface area contributed by atoms with Gasteiger partial charge in [-0.2, -0.15) is 0 Å². The molecule has 1 unspecified atom stereocenters. The summed E-state index contributed by atoms with van der Waals surface area (Å²) in [7, 11) is 0. The first-order valence-corrected chi connectivity index (χ1v) is 11.0. The van der Waals surface area contributed by atoms with E-state index in [0.29, 0.717) is 12.6 Å². The van der Waals surface area contributed by atoms with Crippen molar-refractivity contribution in [2.75, 3.05) is 29.9 Å². The third-order valence-electron chi connectivity index (χ3n) is 6.41. The first kappa shape index (κ1) is 20.0. The average molecular weight is 392 g/mol. The molecular formula is C25H33N3O. The van der Waals surface area contributed by atoms with E-state index in [2.05, 4.69) is 71.4 Å². The van der Waals surface area contributed by atoms with E-state index in [1.54, 1.807) is 0 Å². The molecule has 0 radical (unpaired) electrons. The molecule has 2 fully saturated rings. The van der Waals surface area contributed by atoms with E-state index in [0.717, 1.165) is 36.8 Å². The number of nitrogens with one attached hydrogen (secondary N) is 1. The smallest absolute Gasteiger partial charge is 0.238 e. The molecule has 1 saturated heterocycles. The summed E-state index contributed by atoms with van der Waals surface area (Å²) in [6.07, 6.45) is 5.11. The number of aryl methyl sites for hydroxylation is 1. The molecule has 1 heterocycles. The van der Waals surface area contributed by atoms with Gasteiger partial charge in [-0.3, -0.25) is 9.69 Å². The van der Waals surface area contributed by atoms with Gasteiger partial charge in [0.2, 0.25) is 5.91 Å². The Morgan fingerprint density at radius 2 is 1.86 bits per heavy atom. The van der Waals surface area contributed by atoms with Crippen LogP contribution in [0.1, 0.15) is 43.7 Å². The Bertz CT molecular complexity index is 825. The predicted molar refractivity (Wildman–Crippen MR) is 120 cm³/mol. The van der Waals surface area contributed by atoms with Crippen LogP contribution in [0.3, 0.4) is 0 Å². The maximum Gasteiger partial charge on any atom is 0.238 e. The van der Waals surface area contributed by atoms with Crippen molar-refractivity contribution >= 4 is 17.3 Å². The fourth-order valence-electron chi connectivity index (χ4n) is 4.37. The molecule has 4 nitrogen and oxygen atoms in total. The minimum absolute atomic E-state index is 0.0745. The van der Waals surface area contributed by atoms with E-state index in [9.17, 15) is 4.79 Å². The highest BCUT2D eigenvalue weighted by Crippen LogP contribution is 2.35. The van der Waals surface area contributed by atoms with Gasteiger partial charge in [-0.25, -0.2) is 0 Å². The zero-order chi connectivity index (χ0) is 20.2. The van der Waals surface area contributed by atoms with Crippen LogP contribution in [0.5, 0.6) is 0 Å². The average Bonchev–Trinajstić information content (AvgIpc) is 3.43. The maximum atomic E-state index is 12.9. The van der Waals surface area contributed by atoms with Crippen molar-refractivity contribution in [3.05, 3.63) is 59.7 Å². The van der Waals surface area contributed by atoms with Gasteiger partial charge in [0.05, 0.1) is 6.54 Å². The minimum Gasteiger partial charge on any atom is -0.372 e. The molecule has 2 aliphatic rings. The van der Waals surface area contributed by atoms with E-state index in [-0.39, 0.29) is 5.91 Å². The number of amides is 1. The molecule has 4 rings (SSSR count). The van der Waals surface area contributed by atoms with Gasteiger partial charge in [-0.15, -0.1) is 0 Å². The highest BCUT2D eigenvalue weighted by molar-refractivity contribution is 5.93. The third kappa shape index (κ3) is 5.18. The summed E-state index contributed by atoms with van der Waals surface area (Å²) in [5, 5.41) is 3.16. The molecule has 0 bridgehead atoms. The van der Waals surface area contributed by atoms with Crippen LogP contribution in [0.15, 0.2) is 48.5 Å². The number of nitrogens with zero attached hydrogens (tertiary/aromatic N) is 2. The predicted octanol–water partition coefficient (Wildman–Crippen LogP) is 4.83. The van der Waals surface area contributed by atoms with Crippen LogP contribution in [-0.4, -0.2) is 36.5 Å². The second kappa shape index (κ2) is 9.00. The second-order valence-corrected chi connectivity index (χ2v) is 8.71. The van der Waals surface area contributed by atoms with E-state index in [4.69, 9.17) is 0 Å². The van der Waals surface area contributed by atoms with Crippen LogP contribution in [0.25, 0.3) is 0 Å². The normalized spacial score (nSPS) is 17.6. The molecule has 1 atom stereocenters. The Kier molecular flexibility index (Phi) is 6.19. The Hall–Kier alpha value is -2.33. The van der Waals surface area contributed by atoms with Crippen molar-refractivity contribution in [1.82, 2.24) is 4.90 Å². The molecule has 1 aliphatic carbocycles. The molecule has 1 aliphatic heterocycles. The van der Waals surface area contributed by atoms with Gasteiger partial charge in [-0.05, 0) is 74.8 Å². The monoisotopic (exact) mass is 391 g/mol. The number of hydrogen-bond acceptors (Lipinski definition) is 3. The summed E-state index contributed by atoms with van der Waals surface area (Å²) in [5.74, 6) is 0.804. The molecular weight excluding hydrogens is 358 g/mol. The lowest BCUT2D eigenvalue weighted by atomic mass is 10.1. The summed E-state index contributed by atoms with van der Waals surface area (Å²) in [5.41, 5.74) is 4.59. The first-order chi connectivity index (χ1) is 14.1. The van der Waals surface area contributed by atoms with Crippen molar-refractivity contribution in [3.8, 4) is 0 Å². The van der Waals surface area contributed by atoms with Gasteiger partial charge in [0.25, 0.3) is 0 Å². The molecule has 0 aromatic heterocycles. The highest BCUT2D eigenvalue weighted by atomic mass is 16.2. The van der Waals surface area contributed by atoms with Crippen LogP contribution < -0.4 is 10.2 Å². The second-order valence-electron chi connectivity index (χ2n) is 8.71. The van der Waals surface area contributed by atoms with Crippen LogP contribution >= 0.6 is 0 Å². The number of anilines is 2. The van der Waals surface area contributed by atoms with E-state index < -0.39 is 0 Å². The van der Waals surface area contributed by atoms with Crippen molar-refractivity contribution in [2.45, 2.75) is 52.1 Å². The van der Waals surface area contributed by atoms with Gasteiger partial charge in [-0.1, -0.05) is 30.3 Å². The number of carbonyl (C=O) groups is 1. The quantitative estimate of drug-likeness (QED) is 0.700. The van der Waals surface area contributed by atoms with Crippen LogP contribution in [0.2, 0.25) is 0 Å². The largest absolute Gasteiger partial charge is 0.372 e. The number of carbonyl (C=O) groups excluding carboxylic acids is 1. The SMILES string of the molecule is Cc1cc(N2CCCC2)ccc1NC(=O)CN(Cc1ccccc1)C(C)C1CC1. The lowest BCUT2D eigenvalue weighted by Crippen LogP contribution is -2.40. The molecule has 2 aromatic carbocycles. The number of rotatable bonds is 8. The Morgan fingerprint density at radius 3 is 2.52 bits per heavy atom. The van der Waals surface area contributed by atoms with Crippen LogP contribution in [0, 0.1) is 12.8 Å². The van der Waals surface area contributed by atoms with Gasteiger partial charge in [0.1, 0.15) is 0 Å². The van der Waals surface area contributed by atoms with Gasteiger partial charge in [0, 0.05) is 37.1 Å². The fraction of sp³-hybridized carbons (Fsp3) is 0.480.